The maximum atomic E-state index is 12.7. The van der Waals surface area contributed by atoms with E-state index in [0.717, 1.165) is 4.88 Å². The van der Waals surface area contributed by atoms with Crippen LogP contribution in [0, 0.1) is 13.8 Å². The number of furan rings is 1. The first-order valence-corrected chi connectivity index (χ1v) is 8.47. The molecule has 0 aliphatic rings. The van der Waals surface area contributed by atoms with Crippen LogP contribution in [0.4, 0.5) is 0 Å². The van der Waals surface area contributed by atoms with Gasteiger partial charge in [0.15, 0.2) is 0 Å². The molecule has 0 saturated heterocycles. The van der Waals surface area contributed by atoms with Crippen molar-refractivity contribution in [2.24, 2.45) is 5.73 Å². The molecule has 0 fully saturated rings. The Morgan fingerprint density at radius 3 is 2.60 bits per heavy atom. The summed E-state index contributed by atoms with van der Waals surface area (Å²) in [6.07, 6.45) is 0. The molecule has 20 heavy (non-hydrogen) atoms. The van der Waals surface area contributed by atoms with E-state index in [9.17, 15) is 8.42 Å². The van der Waals surface area contributed by atoms with Crippen LogP contribution in [0.15, 0.2) is 26.8 Å². The molecule has 0 radical (unpaired) electrons. The minimum Gasteiger partial charge on any atom is -0.465 e. The van der Waals surface area contributed by atoms with E-state index in [2.05, 4.69) is 0 Å². The molecule has 0 unspecified atom stereocenters. The van der Waals surface area contributed by atoms with Crippen molar-refractivity contribution in [1.82, 2.24) is 4.31 Å². The molecular formula is C13H18N2O3S2. The molecule has 0 aliphatic carbocycles. The Bertz CT molecular complexity index is 688. The van der Waals surface area contributed by atoms with Crippen LogP contribution in [-0.4, -0.2) is 19.8 Å². The fourth-order valence-electron chi connectivity index (χ4n) is 2.15. The summed E-state index contributed by atoms with van der Waals surface area (Å²) in [4.78, 5) is 1.19. The highest BCUT2D eigenvalue weighted by Crippen LogP contribution is 2.29. The average Bonchev–Trinajstić information content (AvgIpc) is 2.96. The lowest BCUT2D eigenvalue weighted by Crippen LogP contribution is -2.27. The summed E-state index contributed by atoms with van der Waals surface area (Å²) in [5.74, 6) is 0.953. The average molecular weight is 314 g/mol. The number of hydrogen-bond acceptors (Lipinski definition) is 5. The first kappa shape index (κ1) is 15.2. The number of aryl methyl sites for hydroxylation is 2. The van der Waals surface area contributed by atoms with E-state index in [4.69, 9.17) is 10.2 Å². The molecule has 110 valence electrons. The van der Waals surface area contributed by atoms with Crippen molar-refractivity contribution in [3.63, 3.8) is 0 Å². The molecule has 2 N–H and O–H groups in total. The number of sulfonamides is 1. The second kappa shape index (κ2) is 5.69. The Morgan fingerprint density at radius 1 is 1.35 bits per heavy atom. The minimum absolute atomic E-state index is 0.143. The van der Waals surface area contributed by atoms with Gasteiger partial charge in [-0.3, -0.25) is 0 Å². The lowest BCUT2D eigenvalue weighted by atomic mass is 10.2. The van der Waals surface area contributed by atoms with Gasteiger partial charge in [0, 0.05) is 30.6 Å². The predicted molar refractivity (Wildman–Crippen MR) is 79.0 cm³/mol. The van der Waals surface area contributed by atoms with Crippen molar-refractivity contribution in [3.8, 4) is 0 Å². The van der Waals surface area contributed by atoms with E-state index in [0.29, 0.717) is 23.6 Å². The second-order valence-electron chi connectivity index (χ2n) is 4.57. The van der Waals surface area contributed by atoms with Crippen LogP contribution in [0.5, 0.6) is 0 Å². The summed E-state index contributed by atoms with van der Waals surface area (Å²) in [6, 6.07) is 3.81. The van der Waals surface area contributed by atoms with Crippen molar-refractivity contribution >= 4 is 21.4 Å². The zero-order valence-corrected chi connectivity index (χ0v) is 13.3. The van der Waals surface area contributed by atoms with Crippen molar-refractivity contribution in [3.05, 3.63) is 39.5 Å². The second-order valence-corrected chi connectivity index (χ2v) is 7.58. The first-order chi connectivity index (χ1) is 9.37. The maximum Gasteiger partial charge on any atom is 0.246 e. The Balaban J connectivity index is 2.40. The fraction of sp³-hybridized carbons (Fsp3) is 0.385. The molecule has 0 spiro atoms. The van der Waals surface area contributed by atoms with E-state index >= 15 is 0 Å². The molecule has 0 aliphatic heterocycles. The molecule has 7 heteroatoms. The van der Waals surface area contributed by atoms with Gasteiger partial charge in [-0.2, -0.15) is 4.31 Å². The molecule has 5 nitrogen and oxygen atoms in total. The highest BCUT2D eigenvalue weighted by atomic mass is 32.2. The van der Waals surface area contributed by atoms with Crippen molar-refractivity contribution < 1.29 is 12.8 Å². The number of nitrogens with two attached hydrogens (primary N) is 1. The van der Waals surface area contributed by atoms with E-state index in [-0.39, 0.29) is 11.4 Å². The summed E-state index contributed by atoms with van der Waals surface area (Å²) in [5, 5.41) is 1.92. The highest BCUT2D eigenvalue weighted by molar-refractivity contribution is 7.89. The lowest BCUT2D eigenvalue weighted by Gasteiger charge is -2.16. The van der Waals surface area contributed by atoms with E-state index in [1.165, 1.54) is 15.6 Å². The van der Waals surface area contributed by atoms with Crippen LogP contribution in [0.1, 0.15) is 22.0 Å². The molecule has 2 rings (SSSR count). The van der Waals surface area contributed by atoms with Gasteiger partial charge in [-0.1, -0.05) is 6.07 Å². The predicted octanol–water partition coefficient (Wildman–Crippen LogP) is 2.24. The molecular weight excluding hydrogens is 296 g/mol. The summed E-state index contributed by atoms with van der Waals surface area (Å²) in [6.45, 7) is 3.86. The molecule has 0 atom stereocenters. The van der Waals surface area contributed by atoms with Gasteiger partial charge >= 0.3 is 0 Å². The van der Waals surface area contributed by atoms with Crippen LogP contribution in [-0.2, 0) is 23.1 Å². The van der Waals surface area contributed by atoms with Crippen molar-refractivity contribution in [1.29, 1.82) is 0 Å². The SMILES string of the molecule is Cc1oc(C)c(S(=O)(=O)N(C)Cc2cccs2)c1CN. The van der Waals surface area contributed by atoms with Gasteiger partial charge < -0.3 is 10.2 Å². The number of thiophene rings is 1. The van der Waals surface area contributed by atoms with Gasteiger partial charge in [0.2, 0.25) is 10.0 Å². The van der Waals surface area contributed by atoms with Crippen molar-refractivity contribution in [2.75, 3.05) is 7.05 Å². The largest absolute Gasteiger partial charge is 0.465 e. The Hall–Kier alpha value is -1.15. The number of rotatable bonds is 5. The lowest BCUT2D eigenvalue weighted by molar-refractivity contribution is 0.462. The standard InChI is InChI=1S/C13H18N2O3S2/c1-9-12(7-14)13(10(2)18-9)20(16,17)15(3)8-11-5-4-6-19-11/h4-6H,7-8,14H2,1-3H3. The van der Waals surface area contributed by atoms with Gasteiger partial charge in [-0.25, -0.2) is 8.42 Å². The quantitative estimate of drug-likeness (QED) is 0.918. The van der Waals surface area contributed by atoms with Gasteiger partial charge in [-0.15, -0.1) is 11.3 Å². The van der Waals surface area contributed by atoms with Gasteiger partial charge in [-0.05, 0) is 25.3 Å². The number of nitrogens with zero attached hydrogens (tertiary/aromatic N) is 1. The zero-order chi connectivity index (χ0) is 14.9. The number of hydrogen-bond donors (Lipinski definition) is 1. The zero-order valence-electron chi connectivity index (χ0n) is 11.7. The monoisotopic (exact) mass is 314 g/mol. The summed E-state index contributed by atoms with van der Waals surface area (Å²) >= 11 is 1.53. The Labute approximate surface area is 123 Å². The van der Waals surface area contributed by atoms with Crippen molar-refractivity contribution in [2.45, 2.75) is 31.8 Å². The molecule has 0 aromatic carbocycles. The molecule has 2 heterocycles. The summed E-state index contributed by atoms with van der Waals surface area (Å²) in [5.41, 5.74) is 6.21. The Kier molecular flexibility index (Phi) is 4.33. The molecule has 0 amide bonds. The van der Waals surface area contributed by atoms with Crippen LogP contribution < -0.4 is 5.73 Å². The van der Waals surface area contributed by atoms with Crippen LogP contribution >= 0.6 is 11.3 Å². The third-order valence-electron chi connectivity index (χ3n) is 3.16. The molecule has 0 saturated carbocycles. The maximum absolute atomic E-state index is 12.7. The first-order valence-electron chi connectivity index (χ1n) is 6.15. The Morgan fingerprint density at radius 2 is 2.05 bits per heavy atom. The summed E-state index contributed by atoms with van der Waals surface area (Å²) in [7, 11) is -2.03. The van der Waals surface area contributed by atoms with E-state index in [1.54, 1.807) is 20.9 Å². The van der Waals surface area contributed by atoms with Crippen LogP contribution in [0.25, 0.3) is 0 Å². The van der Waals surface area contributed by atoms with E-state index < -0.39 is 10.0 Å². The normalized spacial score (nSPS) is 12.2. The van der Waals surface area contributed by atoms with E-state index in [1.807, 2.05) is 17.5 Å². The smallest absolute Gasteiger partial charge is 0.246 e. The third-order valence-corrected chi connectivity index (χ3v) is 6.02. The van der Waals surface area contributed by atoms with Gasteiger partial charge in [0.1, 0.15) is 16.4 Å². The van der Waals surface area contributed by atoms with Crippen LogP contribution in [0.2, 0.25) is 0 Å². The highest BCUT2D eigenvalue weighted by Gasteiger charge is 2.30. The molecule has 2 aromatic heterocycles. The molecule has 2 aromatic rings. The van der Waals surface area contributed by atoms with Gasteiger partial charge in [0.05, 0.1) is 0 Å². The fourth-order valence-corrected chi connectivity index (χ4v) is 4.55. The third kappa shape index (κ3) is 2.67. The van der Waals surface area contributed by atoms with Crippen LogP contribution in [0.3, 0.4) is 0 Å². The molecule has 0 bridgehead atoms. The van der Waals surface area contributed by atoms with Gasteiger partial charge in [0.25, 0.3) is 0 Å². The topological polar surface area (TPSA) is 76.5 Å². The summed E-state index contributed by atoms with van der Waals surface area (Å²) < 4.78 is 32.1. The minimum atomic E-state index is -3.60.